The van der Waals surface area contributed by atoms with E-state index in [9.17, 15) is 4.79 Å². The number of aromatic nitrogens is 2. The highest BCUT2D eigenvalue weighted by molar-refractivity contribution is 5.87. The summed E-state index contributed by atoms with van der Waals surface area (Å²) in [4.78, 5) is 19.4. The lowest BCUT2D eigenvalue weighted by Crippen LogP contribution is -2.38. The number of nitrogens with zero attached hydrogens (tertiary/aromatic N) is 1. The third-order valence-corrected chi connectivity index (χ3v) is 3.87. The Labute approximate surface area is 118 Å². The predicted octanol–water partition coefficient (Wildman–Crippen LogP) is 1.22. The van der Waals surface area contributed by atoms with Crippen LogP contribution in [0, 0.1) is 5.92 Å². The van der Waals surface area contributed by atoms with Crippen LogP contribution in [0.25, 0.3) is 11.0 Å². The third-order valence-electron chi connectivity index (χ3n) is 3.87. The summed E-state index contributed by atoms with van der Waals surface area (Å²) in [5, 5.41) is 7.44. The maximum atomic E-state index is 12.0. The molecule has 0 aromatic carbocycles. The summed E-state index contributed by atoms with van der Waals surface area (Å²) in [5.74, 6) is 0.651. The smallest absolute Gasteiger partial charge is 0.224 e. The van der Waals surface area contributed by atoms with E-state index in [1.807, 2.05) is 18.3 Å². The molecule has 0 radical (unpaired) electrons. The number of hydrogen-bond donors (Lipinski definition) is 3. The highest BCUT2D eigenvalue weighted by Crippen LogP contribution is 2.16. The second kappa shape index (κ2) is 6.05. The van der Waals surface area contributed by atoms with E-state index in [0.29, 0.717) is 12.3 Å². The molecule has 1 aliphatic heterocycles. The Kier molecular flexibility index (Phi) is 3.97. The molecule has 1 amide bonds. The quantitative estimate of drug-likeness (QED) is 0.784. The van der Waals surface area contributed by atoms with E-state index in [4.69, 9.17) is 0 Å². The molecule has 2 aromatic heterocycles. The van der Waals surface area contributed by atoms with Gasteiger partial charge in [0.25, 0.3) is 0 Å². The van der Waals surface area contributed by atoms with Gasteiger partial charge in [0.1, 0.15) is 5.65 Å². The molecule has 0 aliphatic carbocycles. The molecule has 1 unspecified atom stereocenters. The Hall–Kier alpha value is -1.88. The molecular weight excluding hydrogens is 252 g/mol. The Balaban J connectivity index is 1.55. The second-order valence-corrected chi connectivity index (χ2v) is 5.41. The number of pyridine rings is 1. The van der Waals surface area contributed by atoms with Crippen LogP contribution in [0.2, 0.25) is 0 Å². The molecule has 0 saturated carbocycles. The highest BCUT2D eigenvalue weighted by Gasteiger charge is 2.14. The largest absolute Gasteiger partial charge is 0.355 e. The molecule has 2 aromatic rings. The summed E-state index contributed by atoms with van der Waals surface area (Å²) < 4.78 is 0. The van der Waals surface area contributed by atoms with Crippen molar-refractivity contribution in [2.75, 3.05) is 19.6 Å². The first-order valence-corrected chi connectivity index (χ1v) is 7.21. The van der Waals surface area contributed by atoms with Crippen LogP contribution >= 0.6 is 0 Å². The van der Waals surface area contributed by atoms with Crippen molar-refractivity contribution >= 4 is 16.9 Å². The first-order chi connectivity index (χ1) is 9.83. The van der Waals surface area contributed by atoms with Crippen LogP contribution in [0.15, 0.2) is 24.5 Å². The van der Waals surface area contributed by atoms with Gasteiger partial charge >= 0.3 is 0 Å². The van der Waals surface area contributed by atoms with Crippen molar-refractivity contribution in [1.29, 1.82) is 0 Å². The third kappa shape index (κ3) is 2.99. The summed E-state index contributed by atoms with van der Waals surface area (Å²) in [6.45, 7) is 2.89. The van der Waals surface area contributed by atoms with Crippen molar-refractivity contribution in [3.8, 4) is 0 Å². The van der Waals surface area contributed by atoms with E-state index in [1.54, 1.807) is 6.20 Å². The molecular formula is C15H20N4O. The fourth-order valence-electron chi connectivity index (χ4n) is 2.75. The van der Waals surface area contributed by atoms with Crippen LogP contribution in [0.1, 0.15) is 18.4 Å². The lowest BCUT2D eigenvalue weighted by atomic mass is 10.00. The molecule has 1 fully saturated rings. The van der Waals surface area contributed by atoms with E-state index >= 15 is 0 Å². The molecule has 1 saturated heterocycles. The van der Waals surface area contributed by atoms with Crippen LogP contribution < -0.4 is 10.6 Å². The standard InChI is InChI=1S/C15H20N4O/c20-14(18-9-11-3-1-5-16-8-11)7-12-10-19-15-13(12)4-2-6-17-15/h2,4,6,10-11,16H,1,3,5,7-9H2,(H,17,19)(H,18,20). The topological polar surface area (TPSA) is 69.8 Å². The fourth-order valence-corrected chi connectivity index (χ4v) is 2.75. The van der Waals surface area contributed by atoms with Gasteiger partial charge in [0.15, 0.2) is 0 Å². The lowest BCUT2D eigenvalue weighted by molar-refractivity contribution is -0.120. The minimum atomic E-state index is 0.0836. The number of carbonyl (C=O) groups is 1. The number of amides is 1. The number of nitrogens with one attached hydrogen (secondary N) is 3. The van der Waals surface area contributed by atoms with Gasteiger partial charge < -0.3 is 15.6 Å². The molecule has 3 N–H and O–H groups in total. The van der Waals surface area contributed by atoms with Crippen LogP contribution in [0.4, 0.5) is 0 Å². The van der Waals surface area contributed by atoms with Crippen molar-refractivity contribution < 1.29 is 4.79 Å². The number of aromatic amines is 1. The van der Waals surface area contributed by atoms with Crippen molar-refractivity contribution in [3.63, 3.8) is 0 Å². The van der Waals surface area contributed by atoms with Crippen molar-refractivity contribution in [2.45, 2.75) is 19.3 Å². The van der Waals surface area contributed by atoms with Crippen molar-refractivity contribution in [2.24, 2.45) is 5.92 Å². The average molecular weight is 272 g/mol. The Morgan fingerprint density at radius 3 is 3.30 bits per heavy atom. The van der Waals surface area contributed by atoms with Crippen LogP contribution in [0.3, 0.4) is 0 Å². The summed E-state index contributed by atoms with van der Waals surface area (Å²) >= 11 is 0. The maximum absolute atomic E-state index is 12.0. The number of hydrogen-bond acceptors (Lipinski definition) is 3. The second-order valence-electron chi connectivity index (χ2n) is 5.41. The van der Waals surface area contributed by atoms with Gasteiger partial charge in [-0.3, -0.25) is 4.79 Å². The first-order valence-electron chi connectivity index (χ1n) is 7.21. The number of fused-ring (bicyclic) bond motifs is 1. The van der Waals surface area contributed by atoms with Gasteiger partial charge in [-0.2, -0.15) is 0 Å². The number of rotatable bonds is 4. The molecule has 5 nitrogen and oxygen atoms in total. The molecule has 20 heavy (non-hydrogen) atoms. The zero-order valence-corrected chi connectivity index (χ0v) is 11.5. The zero-order valence-electron chi connectivity index (χ0n) is 11.5. The SMILES string of the molecule is O=C(Cc1c[nH]c2ncccc12)NCC1CCCNC1. The average Bonchev–Trinajstić information content (AvgIpc) is 2.90. The van der Waals surface area contributed by atoms with Crippen molar-refractivity contribution in [1.82, 2.24) is 20.6 Å². The molecule has 1 atom stereocenters. The Morgan fingerprint density at radius 1 is 1.50 bits per heavy atom. The predicted molar refractivity (Wildman–Crippen MR) is 78.4 cm³/mol. The van der Waals surface area contributed by atoms with E-state index in [1.165, 1.54) is 12.8 Å². The number of piperidine rings is 1. The van der Waals surface area contributed by atoms with E-state index in [2.05, 4.69) is 20.6 Å². The molecule has 1 aliphatic rings. The van der Waals surface area contributed by atoms with Gasteiger partial charge in [0.05, 0.1) is 6.42 Å². The minimum absolute atomic E-state index is 0.0836. The Bertz CT molecular complexity index is 586. The molecule has 5 heteroatoms. The first kappa shape index (κ1) is 13.1. The summed E-state index contributed by atoms with van der Waals surface area (Å²) in [5.41, 5.74) is 1.85. The summed E-state index contributed by atoms with van der Waals surface area (Å²) in [6, 6.07) is 3.89. The van der Waals surface area contributed by atoms with E-state index < -0.39 is 0 Å². The van der Waals surface area contributed by atoms with E-state index in [-0.39, 0.29) is 5.91 Å². The van der Waals surface area contributed by atoms with Crippen LogP contribution in [-0.2, 0) is 11.2 Å². The van der Waals surface area contributed by atoms with Gasteiger partial charge in [0, 0.05) is 24.3 Å². The Morgan fingerprint density at radius 2 is 2.45 bits per heavy atom. The number of carbonyl (C=O) groups excluding carboxylic acids is 1. The summed E-state index contributed by atoms with van der Waals surface area (Å²) in [6.07, 6.45) is 6.43. The van der Waals surface area contributed by atoms with E-state index in [0.717, 1.165) is 36.2 Å². The highest BCUT2D eigenvalue weighted by atomic mass is 16.1. The summed E-state index contributed by atoms with van der Waals surface area (Å²) in [7, 11) is 0. The molecule has 0 spiro atoms. The molecule has 3 rings (SSSR count). The molecule has 106 valence electrons. The van der Waals surface area contributed by atoms with Crippen LogP contribution in [0.5, 0.6) is 0 Å². The maximum Gasteiger partial charge on any atom is 0.224 e. The van der Waals surface area contributed by atoms with Gasteiger partial charge in [0.2, 0.25) is 5.91 Å². The van der Waals surface area contributed by atoms with Crippen molar-refractivity contribution in [3.05, 3.63) is 30.1 Å². The molecule has 3 heterocycles. The monoisotopic (exact) mass is 272 g/mol. The lowest BCUT2D eigenvalue weighted by Gasteiger charge is -2.22. The normalized spacial score (nSPS) is 19.1. The zero-order chi connectivity index (χ0) is 13.8. The van der Waals surface area contributed by atoms with Gasteiger partial charge in [-0.05, 0) is 49.5 Å². The van der Waals surface area contributed by atoms with Gasteiger partial charge in [-0.1, -0.05) is 0 Å². The van der Waals surface area contributed by atoms with Crippen LogP contribution in [-0.4, -0.2) is 35.5 Å². The molecule has 0 bridgehead atoms. The number of H-pyrrole nitrogens is 1. The fraction of sp³-hybridized carbons (Fsp3) is 0.467. The van der Waals surface area contributed by atoms with Gasteiger partial charge in [-0.25, -0.2) is 4.98 Å². The van der Waals surface area contributed by atoms with Gasteiger partial charge in [-0.15, -0.1) is 0 Å². The minimum Gasteiger partial charge on any atom is -0.355 e.